The van der Waals surface area contributed by atoms with Gasteiger partial charge in [-0.15, -0.1) is 11.8 Å². The quantitative estimate of drug-likeness (QED) is 0.664. The van der Waals surface area contributed by atoms with Gasteiger partial charge in [-0.25, -0.2) is 4.79 Å². The first-order valence-corrected chi connectivity index (χ1v) is 9.49. The Morgan fingerprint density at radius 3 is 2.48 bits per heavy atom. The Morgan fingerprint density at radius 1 is 1.12 bits per heavy atom. The van der Waals surface area contributed by atoms with Crippen molar-refractivity contribution in [1.29, 1.82) is 0 Å². The van der Waals surface area contributed by atoms with E-state index < -0.39 is 5.97 Å². The van der Waals surface area contributed by atoms with Gasteiger partial charge in [0.1, 0.15) is 0 Å². The molecule has 0 spiro atoms. The average molecular weight is 398 g/mol. The highest BCUT2D eigenvalue weighted by Gasteiger charge is 2.12. The molecule has 1 N–H and O–H groups in total. The Bertz CT molecular complexity index is 750. The Morgan fingerprint density at radius 2 is 1.84 bits per heavy atom. The maximum absolute atomic E-state index is 12.0. The van der Waals surface area contributed by atoms with Gasteiger partial charge < -0.3 is 10.1 Å². The molecular formula is C18H17Cl2NO3S. The summed E-state index contributed by atoms with van der Waals surface area (Å²) in [6.45, 7) is 2.00. The summed E-state index contributed by atoms with van der Waals surface area (Å²) in [6, 6.07) is 12.2. The second kappa shape index (κ2) is 9.70. The SMILES string of the molecule is CCOC(=O)c1ccc(NC(=O)CSCc2ccc(Cl)cc2)cc1Cl. The first kappa shape index (κ1) is 19.6. The van der Waals surface area contributed by atoms with Gasteiger partial charge in [0.25, 0.3) is 0 Å². The fraction of sp³-hybridized carbons (Fsp3) is 0.222. The Kier molecular flexibility index (Phi) is 7.62. The molecule has 0 radical (unpaired) electrons. The summed E-state index contributed by atoms with van der Waals surface area (Å²) in [5.74, 6) is 0.398. The number of rotatable bonds is 7. The van der Waals surface area contributed by atoms with Crippen molar-refractivity contribution >= 4 is 52.5 Å². The maximum Gasteiger partial charge on any atom is 0.339 e. The van der Waals surface area contributed by atoms with Crippen molar-refractivity contribution in [2.24, 2.45) is 0 Å². The average Bonchev–Trinajstić information content (AvgIpc) is 2.57. The van der Waals surface area contributed by atoms with Crippen LogP contribution in [0, 0.1) is 0 Å². The number of nitrogens with one attached hydrogen (secondary N) is 1. The van der Waals surface area contributed by atoms with Gasteiger partial charge >= 0.3 is 5.97 Å². The van der Waals surface area contributed by atoms with E-state index in [4.69, 9.17) is 27.9 Å². The predicted molar refractivity (Wildman–Crippen MR) is 104 cm³/mol. The molecule has 1 amide bonds. The van der Waals surface area contributed by atoms with E-state index >= 15 is 0 Å². The van der Waals surface area contributed by atoms with Gasteiger partial charge in [-0.05, 0) is 42.8 Å². The summed E-state index contributed by atoms with van der Waals surface area (Å²) < 4.78 is 4.91. The van der Waals surface area contributed by atoms with E-state index in [0.29, 0.717) is 22.2 Å². The van der Waals surface area contributed by atoms with Crippen LogP contribution >= 0.6 is 35.0 Å². The molecule has 132 valence electrons. The summed E-state index contributed by atoms with van der Waals surface area (Å²) in [5, 5.41) is 3.69. The van der Waals surface area contributed by atoms with Gasteiger partial charge in [-0.2, -0.15) is 0 Å². The highest BCUT2D eigenvalue weighted by atomic mass is 35.5. The van der Waals surface area contributed by atoms with Crippen LogP contribution in [0.1, 0.15) is 22.8 Å². The normalized spacial score (nSPS) is 10.4. The second-order valence-electron chi connectivity index (χ2n) is 5.08. The molecule has 0 heterocycles. The van der Waals surface area contributed by atoms with E-state index in [9.17, 15) is 9.59 Å². The number of halogens is 2. The largest absolute Gasteiger partial charge is 0.462 e. The van der Waals surface area contributed by atoms with E-state index in [1.165, 1.54) is 23.9 Å². The number of ether oxygens (including phenoxy) is 1. The van der Waals surface area contributed by atoms with Crippen LogP contribution in [0.15, 0.2) is 42.5 Å². The molecule has 0 aliphatic rings. The number of carbonyl (C=O) groups excluding carboxylic acids is 2. The highest BCUT2D eigenvalue weighted by molar-refractivity contribution is 7.99. The van der Waals surface area contributed by atoms with Crippen LogP contribution in [-0.4, -0.2) is 24.2 Å². The van der Waals surface area contributed by atoms with Gasteiger partial charge in [0.2, 0.25) is 5.91 Å². The summed E-state index contributed by atoms with van der Waals surface area (Å²) >= 11 is 13.4. The van der Waals surface area contributed by atoms with Crippen LogP contribution in [0.4, 0.5) is 5.69 Å². The maximum atomic E-state index is 12.0. The third-order valence-electron chi connectivity index (χ3n) is 3.16. The molecule has 0 fully saturated rings. The van der Waals surface area contributed by atoms with Gasteiger partial charge in [0.15, 0.2) is 0 Å². The van der Waals surface area contributed by atoms with Gasteiger partial charge in [-0.3, -0.25) is 4.79 Å². The smallest absolute Gasteiger partial charge is 0.339 e. The van der Waals surface area contributed by atoms with Crippen LogP contribution in [0.25, 0.3) is 0 Å². The molecule has 4 nitrogen and oxygen atoms in total. The molecule has 0 saturated carbocycles. The molecule has 0 aliphatic heterocycles. The molecule has 7 heteroatoms. The first-order valence-electron chi connectivity index (χ1n) is 7.58. The number of esters is 1. The second-order valence-corrected chi connectivity index (χ2v) is 6.91. The van der Waals surface area contributed by atoms with Crippen LogP contribution in [0.3, 0.4) is 0 Å². The van der Waals surface area contributed by atoms with Crippen LogP contribution in [0.5, 0.6) is 0 Å². The molecule has 0 atom stereocenters. The topological polar surface area (TPSA) is 55.4 Å². The minimum Gasteiger partial charge on any atom is -0.462 e. The standard InChI is InChI=1S/C18H17Cl2NO3S/c1-2-24-18(23)15-8-7-14(9-16(15)20)21-17(22)11-25-10-12-3-5-13(19)6-4-12/h3-9H,2,10-11H2,1H3,(H,21,22). The monoisotopic (exact) mass is 397 g/mol. The Hall–Kier alpha value is -1.69. The summed E-state index contributed by atoms with van der Waals surface area (Å²) in [7, 11) is 0. The zero-order valence-corrected chi connectivity index (χ0v) is 15.9. The first-order chi connectivity index (χ1) is 12.0. The molecular weight excluding hydrogens is 381 g/mol. The summed E-state index contributed by atoms with van der Waals surface area (Å²) in [5.41, 5.74) is 1.91. The number of benzene rings is 2. The Labute approximate surface area is 160 Å². The molecule has 0 unspecified atom stereocenters. The number of carbonyl (C=O) groups is 2. The lowest BCUT2D eigenvalue weighted by Gasteiger charge is -2.08. The highest BCUT2D eigenvalue weighted by Crippen LogP contribution is 2.22. The van der Waals surface area contributed by atoms with Crippen molar-refractivity contribution in [1.82, 2.24) is 0 Å². The van der Waals surface area contributed by atoms with Crippen molar-refractivity contribution < 1.29 is 14.3 Å². The molecule has 0 aliphatic carbocycles. The minimum atomic E-state index is -0.483. The van der Waals surface area contributed by atoms with Crippen LogP contribution < -0.4 is 5.32 Å². The number of hydrogen-bond donors (Lipinski definition) is 1. The number of hydrogen-bond acceptors (Lipinski definition) is 4. The van der Waals surface area contributed by atoms with E-state index in [2.05, 4.69) is 5.32 Å². The Balaban J connectivity index is 1.84. The van der Waals surface area contributed by atoms with Crippen molar-refractivity contribution in [2.75, 3.05) is 17.7 Å². The number of amides is 1. The predicted octanol–water partition coefficient (Wildman–Crippen LogP) is 5.04. The van der Waals surface area contributed by atoms with E-state index in [0.717, 1.165) is 5.56 Å². The lowest BCUT2D eigenvalue weighted by Crippen LogP contribution is -2.14. The van der Waals surface area contributed by atoms with Crippen LogP contribution in [0.2, 0.25) is 10.0 Å². The third-order valence-corrected chi connectivity index (χ3v) is 4.73. The summed E-state index contributed by atoms with van der Waals surface area (Å²) in [4.78, 5) is 23.7. The number of anilines is 1. The molecule has 0 saturated heterocycles. The zero-order valence-electron chi connectivity index (χ0n) is 13.6. The van der Waals surface area contributed by atoms with Crippen molar-refractivity contribution in [3.63, 3.8) is 0 Å². The van der Waals surface area contributed by atoms with Crippen LogP contribution in [-0.2, 0) is 15.3 Å². The molecule has 0 bridgehead atoms. The van der Waals surface area contributed by atoms with Crippen molar-refractivity contribution in [2.45, 2.75) is 12.7 Å². The summed E-state index contributed by atoms with van der Waals surface area (Å²) in [6.07, 6.45) is 0. The minimum absolute atomic E-state index is 0.140. The lowest BCUT2D eigenvalue weighted by atomic mass is 10.2. The number of thioether (sulfide) groups is 1. The molecule has 2 aromatic carbocycles. The van der Waals surface area contributed by atoms with E-state index in [1.807, 2.05) is 24.3 Å². The molecule has 2 rings (SSSR count). The zero-order chi connectivity index (χ0) is 18.2. The van der Waals surface area contributed by atoms with Gasteiger partial charge in [0.05, 0.1) is 22.9 Å². The van der Waals surface area contributed by atoms with E-state index in [1.54, 1.807) is 13.0 Å². The molecule has 2 aromatic rings. The van der Waals surface area contributed by atoms with E-state index in [-0.39, 0.29) is 23.1 Å². The lowest BCUT2D eigenvalue weighted by molar-refractivity contribution is -0.113. The third kappa shape index (κ3) is 6.27. The van der Waals surface area contributed by atoms with Crippen molar-refractivity contribution in [3.8, 4) is 0 Å². The molecule has 25 heavy (non-hydrogen) atoms. The van der Waals surface area contributed by atoms with Gasteiger partial charge in [-0.1, -0.05) is 35.3 Å². The van der Waals surface area contributed by atoms with Crippen molar-refractivity contribution in [3.05, 3.63) is 63.6 Å². The molecule has 0 aromatic heterocycles. The fourth-order valence-corrected chi connectivity index (χ4v) is 3.18. The fourth-order valence-electron chi connectivity index (χ4n) is 2.01. The van der Waals surface area contributed by atoms with Gasteiger partial charge in [0, 0.05) is 16.5 Å².